The summed E-state index contributed by atoms with van der Waals surface area (Å²) in [5, 5.41) is 8.96. The van der Waals surface area contributed by atoms with Crippen LogP contribution in [0.1, 0.15) is 71.1 Å². The minimum atomic E-state index is -0.673. The summed E-state index contributed by atoms with van der Waals surface area (Å²) in [7, 11) is 0. The molecule has 0 aliphatic heterocycles. The standard InChI is InChI=1S/C15H28O2/c1-3-5-6-7-8-9-10-11-13-14(12-4-2)15(16)17/h4,14H,2-3,5-13H2,1H3,(H,16,17). The average Bonchev–Trinajstić information content (AvgIpc) is 2.31. The number of unbranched alkanes of at least 4 members (excludes halogenated alkanes) is 7. The second kappa shape index (κ2) is 11.7. The molecule has 0 rings (SSSR count). The lowest BCUT2D eigenvalue weighted by Crippen LogP contribution is -2.12. The molecule has 1 atom stereocenters. The molecule has 1 unspecified atom stereocenters. The molecule has 0 spiro atoms. The zero-order valence-electron chi connectivity index (χ0n) is 11.3. The SMILES string of the molecule is C=CCC(CCCCCCCCCC)C(=O)O. The highest BCUT2D eigenvalue weighted by molar-refractivity contribution is 5.70. The summed E-state index contributed by atoms with van der Waals surface area (Å²) in [5.41, 5.74) is 0. The monoisotopic (exact) mass is 240 g/mol. The number of carbonyl (C=O) groups is 1. The maximum Gasteiger partial charge on any atom is 0.306 e. The number of carboxylic acid groups (broad SMARTS) is 1. The van der Waals surface area contributed by atoms with E-state index in [9.17, 15) is 4.79 Å². The van der Waals surface area contributed by atoms with Gasteiger partial charge in [0.05, 0.1) is 5.92 Å². The van der Waals surface area contributed by atoms with Crippen molar-refractivity contribution in [1.29, 1.82) is 0 Å². The van der Waals surface area contributed by atoms with Gasteiger partial charge in [0.1, 0.15) is 0 Å². The van der Waals surface area contributed by atoms with Crippen LogP contribution in [0, 0.1) is 5.92 Å². The van der Waals surface area contributed by atoms with Gasteiger partial charge in [0, 0.05) is 0 Å². The third kappa shape index (κ3) is 10.1. The number of aliphatic carboxylic acids is 1. The van der Waals surface area contributed by atoms with E-state index in [-0.39, 0.29) is 5.92 Å². The van der Waals surface area contributed by atoms with Gasteiger partial charge >= 0.3 is 5.97 Å². The van der Waals surface area contributed by atoms with Crippen LogP contribution in [0.3, 0.4) is 0 Å². The first-order valence-electron chi connectivity index (χ1n) is 7.06. The normalized spacial score (nSPS) is 12.3. The molecule has 0 radical (unpaired) electrons. The molecule has 0 aromatic heterocycles. The zero-order valence-corrected chi connectivity index (χ0v) is 11.3. The molecular formula is C15H28O2. The second-order valence-electron chi connectivity index (χ2n) is 4.82. The molecule has 0 aromatic carbocycles. The van der Waals surface area contributed by atoms with Gasteiger partial charge in [-0.05, 0) is 12.8 Å². The minimum Gasteiger partial charge on any atom is -0.481 e. The van der Waals surface area contributed by atoms with E-state index < -0.39 is 5.97 Å². The van der Waals surface area contributed by atoms with E-state index in [1.54, 1.807) is 6.08 Å². The topological polar surface area (TPSA) is 37.3 Å². The van der Waals surface area contributed by atoms with Crippen molar-refractivity contribution in [1.82, 2.24) is 0 Å². The van der Waals surface area contributed by atoms with Crippen molar-refractivity contribution in [2.24, 2.45) is 5.92 Å². The lowest BCUT2D eigenvalue weighted by molar-refractivity contribution is -0.141. The largest absolute Gasteiger partial charge is 0.481 e. The minimum absolute atomic E-state index is 0.215. The quantitative estimate of drug-likeness (QED) is 0.393. The fourth-order valence-corrected chi connectivity index (χ4v) is 2.07. The van der Waals surface area contributed by atoms with Gasteiger partial charge in [0.2, 0.25) is 0 Å². The summed E-state index contributed by atoms with van der Waals surface area (Å²) in [6.07, 6.45) is 13.2. The summed E-state index contributed by atoms with van der Waals surface area (Å²) in [6.45, 7) is 5.83. The Morgan fingerprint density at radius 3 is 2.12 bits per heavy atom. The van der Waals surface area contributed by atoms with Gasteiger partial charge in [-0.2, -0.15) is 0 Å². The highest BCUT2D eigenvalue weighted by Crippen LogP contribution is 2.16. The zero-order chi connectivity index (χ0) is 12.9. The molecule has 2 heteroatoms. The van der Waals surface area contributed by atoms with Crippen LogP contribution in [-0.2, 0) is 4.79 Å². The summed E-state index contributed by atoms with van der Waals surface area (Å²) >= 11 is 0. The van der Waals surface area contributed by atoms with E-state index in [4.69, 9.17) is 5.11 Å². The molecule has 0 bridgehead atoms. The highest BCUT2D eigenvalue weighted by atomic mass is 16.4. The fraction of sp³-hybridized carbons (Fsp3) is 0.800. The summed E-state index contributed by atoms with van der Waals surface area (Å²) in [5.74, 6) is -0.888. The molecule has 0 heterocycles. The van der Waals surface area contributed by atoms with Crippen molar-refractivity contribution in [3.05, 3.63) is 12.7 Å². The smallest absolute Gasteiger partial charge is 0.306 e. The fourth-order valence-electron chi connectivity index (χ4n) is 2.07. The van der Waals surface area contributed by atoms with Crippen molar-refractivity contribution < 1.29 is 9.90 Å². The van der Waals surface area contributed by atoms with E-state index in [1.807, 2.05) is 0 Å². The van der Waals surface area contributed by atoms with E-state index in [0.29, 0.717) is 6.42 Å². The third-order valence-corrected chi connectivity index (χ3v) is 3.21. The maximum atomic E-state index is 10.9. The van der Waals surface area contributed by atoms with Crippen LogP contribution in [0.4, 0.5) is 0 Å². The summed E-state index contributed by atoms with van der Waals surface area (Å²) < 4.78 is 0. The Bertz CT molecular complexity index is 199. The molecule has 1 N–H and O–H groups in total. The first-order valence-corrected chi connectivity index (χ1v) is 7.06. The molecule has 0 saturated heterocycles. The van der Waals surface area contributed by atoms with Crippen LogP contribution in [0.15, 0.2) is 12.7 Å². The van der Waals surface area contributed by atoms with Gasteiger partial charge < -0.3 is 5.11 Å². The molecule has 100 valence electrons. The Morgan fingerprint density at radius 1 is 1.12 bits per heavy atom. The van der Waals surface area contributed by atoms with Crippen molar-refractivity contribution in [2.45, 2.75) is 71.1 Å². The van der Waals surface area contributed by atoms with Crippen LogP contribution in [0.2, 0.25) is 0 Å². The van der Waals surface area contributed by atoms with Gasteiger partial charge in [0.15, 0.2) is 0 Å². The van der Waals surface area contributed by atoms with Gasteiger partial charge in [-0.15, -0.1) is 6.58 Å². The van der Waals surface area contributed by atoms with Gasteiger partial charge in [-0.25, -0.2) is 0 Å². The highest BCUT2D eigenvalue weighted by Gasteiger charge is 2.14. The molecule has 2 nitrogen and oxygen atoms in total. The summed E-state index contributed by atoms with van der Waals surface area (Å²) in [6, 6.07) is 0. The molecule has 0 saturated carbocycles. The van der Waals surface area contributed by atoms with Crippen LogP contribution < -0.4 is 0 Å². The van der Waals surface area contributed by atoms with E-state index in [1.165, 1.54) is 44.9 Å². The molecular weight excluding hydrogens is 212 g/mol. The van der Waals surface area contributed by atoms with Crippen molar-refractivity contribution in [3.8, 4) is 0 Å². The average molecular weight is 240 g/mol. The Labute approximate surface area is 106 Å². The first kappa shape index (κ1) is 16.2. The molecule has 0 fully saturated rings. The van der Waals surface area contributed by atoms with Crippen LogP contribution >= 0.6 is 0 Å². The van der Waals surface area contributed by atoms with Gasteiger partial charge in [-0.1, -0.05) is 64.4 Å². The Morgan fingerprint density at radius 2 is 1.65 bits per heavy atom. The molecule has 0 aromatic rings. The molecule has 0 aliphatic rings. The van der Waals surface area contributed by atoms with Gasteiger partial charge in [0.25, 0.3) is 0 Å². The maximum absolute atomic E-state index is 10.9. The van der Waals surface area contributed by atoms with Crippen molar-refractivity contribution in [2.75, 3.05) is 0 Å². The molecule has 0 aliphatic carbocycles. The number of hydrogen-bond donors (Lipinski definition) is 1. The number of allylic oxidation sites excluding steroid dienone is 1. The van der Waals surface area contributed by atoms with Crippen LogP contribution in [0.5, 0.6) is 0 Å². The Hall–Kier alpha value is -0.790. The van der Waals surface area contributed by atoms with E-state index in [2.05, 4.69) is 13.5 Å². The number of rotatable bonds is 12. The predicted octanol–water partition coefficient (Wildman–Crippen LogP) is 4.79. The van der Waals surface area contributed by atoms with Gasteiger partial charge in [-0.3, -0.25) is 4.79 Å². The van der Waals surface area contributed by atoms with Crippen LogP contribution in [-0.4, -0.2) is 11.1 Å². The van der Waals surface area contributed by atoms with E-state index >= 15 is 0 Å². The Kier molecular flexibility index (Phi) is 11.1. The van der Waals surface area contributed by atoms with Crippen molar-refractivity contribution >= 4 is 5.97 Å². The molecule has 17 heavy (non-hydrogen) atoms. The second-order valence-corrected chi connectivity index (χ2v) is 4.82. The van der Waals surface area contributed by atoms with E-state index in [0.717, 1.165) is 12.8 Å². The molecule has 0 amide bonds. The van der Waals surface area contributed by atoms with Crippen molar-refractivity contribution in [3.63, 3.8) is 0 Å². The first-order chi connectivity index (χ1) is 8.22. The number of hydrogen-bond acceptors (Lipinski definition) is 1. The summed E-state index contributed by atoms with van der Waals surface area (Å²) in [4.78, 5) is 10.9. The third-order valence-electron chi connectivity index (χ3n) is 3.21. The lowest BCUT2D eigenvalue weighted by atomic mass is 9.97. The lowest BCUT2D eigenvalue weighted by Gasteiger charge is -2.09. The Balaban J connectivity index is 3.36. The van der Waals surface area contributed by atoms with Crippen LogP contribution in [0.25, 0.3) is 0 Å². The number of carboxylic acids is 1. The predicted molar refractivity (Wildman–Crippen MR) is 73.2 cm³/mol.